The molecular weight excluding hydrogens is 540 g/mol. The molecule has 0 spiro atoms. The first kappa shape index (κ1) is 27.4. The van der Waals surface area contributed by atoms with Gasteiger partial charge in [0.25, 0.3) is 0 Å². The molecule has 4 bridgehead atoms. The van der Waals surface area contributed by atoms with Gasteiger partial charge in [0.15, 0.2) is 0 Å². The topological polar surface area (TPSA) is 55.9 Å². The first-order valence-corrected chi connectivity index (χ1v) is 16.9. The highest BCUT2D eigenvalue weighted by molar-refractivity contribution is 7.80. The summed E-state index contributed by atoms with van der Waals surface area (Å²) in [7, 11) is 0. The molecule has 3 aliphatic heterocycles. The number of amides is 2. The van der Waals surface area contributed by atoms with Gasteiger partial charge in [-0.15, -0.1) is 0 Å². The summed E-state index contributed by atoms with van der Waals surface area (Å²) in [5.41, 5.74) is 7.42. The number of fused-ring (bicyclic) bond motifs is 1. The highest BCUT2D eigenvalue weighted by atomic mass is 32.1. The van der Waals surface area contributed by atoms with Gasteiger partial charge in [-0.25, -0.2) is 0 Å². The second-order valence-electron chi connectivity index (χ2n) is 14.4. The minimum Gasteiger partial charge on any atom is -0.297 e. The van der Waals surface area contributed by atoms with E-state index in [1.165, 1.54) is 60.8 Å². The molecule has 4 aliphatic carbocycles. The summed E-state index contributed by atoms with van der Waals surface area (Å²) >= 11 is 4.91. The van der Waals surface area contributed by atoms with Crippen molar-refractivity contribution >= 4 is 24.4 Å². The summed E-state index contributed by atoms with van der Waals surface area (Å²) in [6.45, 7) is 6.99. The molecule has 2 saturated heterocycles. The molecule has 6 nitrogen and oxygen atoms in total. The van der Waals surface area contributed by atoms with Crippen molar-refractivity contribution in [2.45, 2.75) is 87.8 Å². The summed E-state index contributed by atoms with van der Waals surface area (Å²) in [5, 5.41) is 2.40. The van der Waals surface area contributed by atoms with Gasteiger partial charge < -0.3 is 0 Å². The normalized spacial score (nSPS) is 35.0. The van der Waals surface area contributed by atoms with E-state index in [4.69, 9.17) is 12.6 Å². The zero-order valence-electron chi connectivity index (χ0n) is 24.6. The van der Waals surface area contributed by atoms with Crippen LogP contribution in [0, 0.1) is 17.8 Å². The maximum absolute atomic E-state index is 12.6. The Bertz CT molecular complexity index is 1330. The quantitative estimate of drug-likeness (QED) is 0.369. The predicted molar refractivity (Wildman–Crippen MR) is 167 cm³/mol. The molecule has 7 heteroatoms. The van der Waals surface area contributed by atoms with E-state index >= 15 is 0 Å². The van der Waals surface area contributed by atoms with E-state index < -0.39 is 0 Å². The van der Waals surface area contributed by atoms with Crippen LogP contribution in [-0.2, 0) is 34.6 Å². The molecule has 2 atom stereocenters. The highest BCUT2D eigenvalue weighted by Gasteiger charge is 2.51. The molecule has 2 aromatic rings. The Morgan fingerprint density at radius 1 is 0.833 bits per heavy atom. The van der Waals surface area contributed by atoms with Gasteiger partial charge in [0.1, 0.15) is 0 Å². The third-order valence-corrected chi connectivity index (χ3v) is 12.3. The zero-order valence-corrected chi connectivity index (χ0v) is 25.5. The number of nitrogens with one attached hydrogen (secondary N) is 1. The molecule has 4 saturated carbocycles. The third-order valence-electron chi connectivity index (χ3n) is 11.7. The summed E-state index contributed by atoms with van der Waals surface area (Å²) in [5.74, 6) is 2.63. The highest BCUT2D eigenvalue weighted by Crippen LogP contribution is 2.60. The van der Waals surface area contributed by atoms with E-state index in [1.54, 1.807) is 5.56 Å². The smallest absolute Gasteiger partial charge is 0.243 e. The molecule has 0 radical (unpaired) electrons. The Morgan fingerprint density at radius 2 is 1.48 bits per heavy atom. The molecule has 9 rings (SSSR count). The van der Waals surface area contributed by atoms with E-state index in [0.29, 0.717) is 24.8 Å². The van der Waals surface area contributed by atoms with Crippen LogP contribution in [0.2, 0.25) is 0 Å². The van der Waals surface area contributed by atoms with Crippen LogP contribution in [0.25, 0.3) is 0 Å². The summed E-state index contributed by atoms with van der Waals surface area (Å²) in [6.07, 6.45) is 9.80. The number of hydrogen-bond acceptors (Lipinski definition) is 6. The molecule has 42 heavy (non-hydrogen) atoms. The number of carbonyl (C=O) groups excluding carboxylic acids is 2. The largest absolute Gasteiger partial charge is 0.297 e. The van der Waals surface area contributed by atoms with Crippen molar-refractivity contribution in [3.05, 3.63) is 70.3 Å². The average molecular weight is 585 g/mol. The molecule has 0 aromatic heterocycles. The lowest BCUT2D eigenvalue weighted by Crippen LogP contribution is -2.51. The van der Waals surface area contributed by atoms with Gasteiger partial charge in [0, 0.05) is 52.2 Å². The van der Waals surface area contributed by atoms with E-state index in [9.17, 15) is 9.59 Å². The Hall–Kier alpha value is -2.19. The fourth-order valence-electron chi connectivity index (χ4n) is 10.00. The SMILES string of the molecule is O=C1CCC(N2Cc3c(CN4CCN(Cc5ccc(C67CC8CC(CC(C8)C6)C7)cc5)CC4)cccc3C2S)C(=O)N1. The maximum atomic E-state index is 12.6. The molecule has 3 heterocycles. The average Bonchev–Trinajstić information content (AvgIpc) is 3.31. The van der Waals surface area contributed by atoms with E-state index in [2.05, 4.69) is 62.5 Å². The van der Waals surface area contributed by atoms with Gasteiger partial charge in [-0.3, -0.25) is 29.6 Å². The Labute approximate surface area is 255 Å². The molecule has 2 aromatic carbocycles. The maximum Gasteiger partial charge on any atom is 0.243 e. The van der Waals surface area contributed by atoms with Crippen LogP contribution in [0.4, 0.5) is 0 Å². The van der Waals surface area contributed by atoms with Crippen molar-refractivity contribution in [2.75, 3.05) is 26.2 Å². The lowest BCUT2D eigenvalue weighted by molar-refractivity contribution is -0.137. The minimum atomic E-state index is -0.296. The molecule has 222 valence electrons. The Balaban J connectivity index is 0.869. The molecule has 1 N–H and O–H groups in total. The number of imide groups is 1. The van der Waals surface area contributed by atoms with Crippen molar-refractivity contribution in [3.63, 3.8) is 0 Å². The van der Waals surface area contributed by atoms with Gasteiger partial charge in [0.05, 0.1) is 11.4 Å². The molecule has 6 fully saturated rings. The fourth-order valence-corrected chi connectivity index (χ4v) is 10.5. The van der Waals surface area contributed by atoms with Crippen molar-refractivity contribution in [3.8, 4) is 0 Å². The zero-order chi connectivity index (χ0) is 28.4. The van der Waals surface area contributed by atoms with Crippen LogP contribution >= 0.6 is 12.6 Å². The van der Waals surface area contributed by atoms with Crippen LogP contribution in [0.5, 0.6) is 0 Å². The van der Waals surface area contributed by atoms with Crippen molar-refractivity contribution in [1.82, 2.24) is 20.0 Å². The lowest BCUT2D eigenvalue weighted by atomic mass is 9.48. The van der Waals surface area contributed by atoms with Gasteiger partial charge in [-0.2, -0.15) is 12.6 Å². The van der Waals surface area contributed by atoms with E-state index in [0.717, 1.165) is 57.0 Å². The van der Waals surface area contributed by atoms with E-state index in [1.807, 2.05) is 0 Å². The van der Waals surface area contributed by atoms with Gasteiger partial charge in [0.2, 0.25) is 11.8 Å². The Morgan fingerprint density at radius 3 is 2.12 bits per heavy atom. The minimum absolute atomic E-state index is 0.116. The summed E-state index contributed by atoms with van der Waals surface area (Å²) in [4.78, 5) is 31.6. The molecule has 2 amide bonds. The number of piperidine rings is 1. The predicted octanol–water partition coefficient (Wildman–Crippen LogP) is 5.02. The monoisotopic (exact) mass is 584 g/mol. The van der Waals surface area contributed by atoms with Crippen molar-refractivity contribution < 1.29 is 9.59 Å². The van der Waals surface area contributed by atoms with Gasteiger partial charge >= 0.3 is 0 Å². The number of benzene rings is 2. The summed E-state index contributed by atoms with van der Waals surface area (Å²) in [6, 6.07) is 16.1. The summed E-state index contributed by atoms with van der Waals surface area (Å²) < 4.78 is 0. The van der Waals surface area contributed by atoms with E-state index in [-0.39, 0.29) is 23.2 Å². The standard InChI is InChI=1S/C35H44N4O2S/c40-32-9-8-31(33(41)36-32)39-22-30-27(2-1-3-29(30)34(39)42)21-38-12-10-37(11-13-38)20-23-4-6-28(7-5-23)35-17-24-14-25(18-35)16-26(15-24)19-35/h1-7,24-26,31,34,42H,8-22H2,(H,36,40,41). The Kier molecular flexibility index (Phi) is 7.01. The lowest BCUT2D eigenvalue weighted by Gasteiger charge is -2.57. The number of rotatable bonds is 6. The number of nitrogens with zero attached hydrogens (tertiary/aromatic N) is 3. The van der Waals surface area contributed by atoms with Crippen LogP contribution < -0.4 is 5.32 Å². The molecular formula is C35H44N4O2S. The molecule has 7 aliphatic rings. The fraction of sp³-hybridized carbons (Fsp3) is 0.600. The van der Waals surface area contributed by atoms with Crippen LogP contribution in [0.15, 0.2) is 42.5 Å². The van der Waals surface area contributed by atoms with Crippen molar-refractivity contribution in [1.29, 1.82) is 0 Å². The number of piperazine rings is 1. The first-order valence-electron chi connectivity index (χ1n) is 16.3. The van der Waals surface area contributed by atoms with Crippen LogP contribution in [0.1, 0.15) is 84.6 Å². The number of thiol groups is 1. The van der Waals surface area contributed by atoms with Crippen LogP contribution in [0.3, 0.4) is 0 Å². The van der Waals surface area contributed by atoms with Crippen molar-refractivity contribution in [2.24, 2.45) is 17.8 Å². The number of hydrogen-bond donors (Lipinski definition) is 2. The first-order chi connectivity index (χ1) is 20.4. The molecule has 2 unspecified atom stereocenters. The second kappa shape index (κ2) is 10.8. The third kappa shape index (κ3) is 4.94. The second-order valence-corrected chi connectivity index (χ2v) is 14.9. The van der Waals surface area contributed by atoms with Gasteiger partial charge in [-0.1, -0.05) is 42.5 Å². The van der Waals surface area contributed by atoms with Crippen LogP contribution in [-0.4, -0.2) is 58.7 Å². The van der Waals surface area contributed by atoms with Gasteiger partial charge in [-0.05, 0) is 95.9 Å². The number of carbonyl (C=O) groups is 2.